The molecule has 19 heavy (non-hydrogen) atoms. The van der Waals surface area contributed by atoms with Gasteiger partial charge in [-0.25, -0.2) is 0 Å². The number of likely N-dealkylation sites (tertiary alicyclic amines) is 1. The van der Waals surface area contributed by atoms with Gasteiger partial charge in [0.15, 0.2) is 0 Å². The van der Waals surface area contributed by atoms with Crippen molar-refractivity contribution in [1.82, 2.24) is 4.90 Å². The molecule has 1 spiro atoms. The number of rotatable bonds is 4. The predicted octanol–water partition coefficient (Wildman–Crippen LogP) is 2.28. The van der Waals surface area contributed by atoms with Crippen LogP contribution in [0.3, 0.4) is 0 Å². The van der Waals surface area contributed by atoms with E-state index in [2.05, 4.69) is 16.7 Å². The molecular formula is C15H27NO2S. The van der Waals surface area contributed by atoms with Gasteiger partial charge in [0.1, 0.15) is 0 Å². The van der Waals surface area contributed by atoms with Crippen molar-refractivity contribution in [3.05, 3.63) is 0 Å². The Morgan fingerprint density at radius 2 is 2.32 bits per heavy atom. The fourth-order valence-corrected chi connectivity index (χ4v) is 5.50. The normalized spacial score (nSPS) is 40.3. The minimum absolute atomic E-state index is 0.206. The molecule has 0 amide bonds. The van der Waals surface area contributed by atoms with Crippen molar-refractivity contribution in [2.45, 2.75) is 62.6 Å². The van der Waals surface area contributed by atoms with Crippen molar-refractivity contribution >= 4 is 11.8 Å². The molecule has 3 nitrogen and oxygen atoms in total. The minimum Gasteiger partial charge on any atom is -0.396 e. The van der Waals surface area contributed by atoms with Crippen molar-refractivity contribution in [2.75, 3.05) is 31.3 Å². The van der Waals surface area contributed by atoms with Crippen molar-refractivity contribution in [1.29, 1.82) is 0 Å². The summed E-state index contributed by atoms with van der Waals surface area (Å²) in [6.45, 7) is 2.57. The van der Waals surface area contributed by atoms with Crippen molar-refractivity contribution in [3.63, 3.8) is 0 Å². The monoisotopic (exact) mass is 285 g/mol. The molecule has 0 aromatic carbocycles. The molecule has 0 radical (unpaired) electrons. The summed E-state index contributed by atoms with van der Waals surface area (Å²) in [5, 5.41) is 9.05. The molecule has 0 bridgehead atoms. The summed E-state index contributed by atoms with van der Waals surface area (Å²) in [5.41, 5.74) is 0.206. The average molecular weight is 285 g/mol. The Morgan fingerprint density at radius 3 is 3.11 bits per heavy atom. The molecule has 0 aromatic heterocycles. The second-order valence-corrected chi connectivity index (χ2v) is 7.49. The number of thioether (sulfide) groups is 1. The molecule has 3 atom stereocenters. The van der Waals surface area contributed by atoms with Crippen LogP contribution in [0.15, 0.2) is 0 Å². The van der Waals surface area contributed by atoms with Gasteiger partial charge >= 0.3 is 0 Å². The Labute approximate surface area is 121 Å². The predicted molar refractivity (Wildman–Crippen MR) is 79.7 cm³/mol. The standard InChI is InChI=1S/C15H27NO2S/c17-8-2-4-13-3-1-7-16(13)14-5-9-18-15(11-14)6-10-19-12-15/h13-14,17H,1-12H2. The molecule has 4 heteroatoms. The summed E-state index contributed by atoms with van der Waals surface area (Å²) in [7, 11) is 0. The lowest BCUT2D eigenvalue weighted by atomic mass is 9.88. The Bertz CT molecular complexity index is 294. The smallest absolute Gasteiger partial charge is 0.0795 e. The van der Waals surface area contributed by atoms with Gasteiger partial charge in [-0.1, -0.05) is 0 Å². The third kappa shape index (κ3) is 3.12. The van der Waals surface area contributed by atoms with Gasteiger partial charge < -0.3 is 9.84 Å². The SMILES string of the molecule is OCCCC1CCCN1C1CCOC2(CCSC2)C1. The van der Waals surface area contributed by atoms with E-state index in [0.29, 0.717) is 6.61 Å². The summed E-state index contributed by atoms with van der Waals surface area (Å²) in [5.74, 6) is 2.49. The molecule has 3 aliphatic heterocycles. The zero-order valence-electron chi connectivity index (χ0n) is 11.9. The molecule has 0 saturated carbocycles. The average Bonchev–Trinajstić information content (AvgIpc) is 3.06. The molecule has 3 fully saturated rings. The van der Waals surface area contributed by atoms with Crippen LogP contribution >= 0.6 is 11.8 Å². The van der Waals surface area contributed by atoms with Crippen LogP contribution in [0, 0.1) is 0 Å². The molecule has 3 rings (SSSR count). The van der Waals surface area contributed by atoms with E-state index >= 15 is 0 Å². The Hall–Kier alpha value is 0.230. The first kappa shape index (κ1) is 14.2. The van der Waals surface area contributed by atoms with Gasteiger partial charge in [0.2, 0.25) is 0 Å². The third-order valence-electron chi connectivity index (χ3n) is 5.12. The quantitative estimate of drug-likeness (QED) is 0.859. The highest BCUT2D eigenvalue weighted by Gasteiger charge is 2.43. The number of aliphatic hydroxyl groups excluding tert-OH is 1. The number of hydrogen-bond acceptors (Lipinski definition) is 4. The van der Waals surface area contributed by atoms with Gasteiger partial charge in [0.05, 0.1) is 5.60 Å². The van der Waals surface area contributed by atoms with E-state index in [1.54, 1.807) is 0 Å². The lowest BCUT2D eigenvalue weighted by molar-refractivity contribution is -0.0916. The summed E-state index contributed by atoms with van der Waals surface area (Å²) in [6, 6.07) is 1.46. The van der Waals surface area contributed by atoms with Gasteiger partial charge in [-0.05, 0) is 57.2 Å². The number of nitrogens with zero attached hydrogens (tertiary/aromatic N) is 1. The second kappa shape index (κ2) is 6.33. The second-order valence-electron chi connectivity index (χ2n) is 6.38. The van der Waals surface area contributed by atoms with E-state index < -0.39 is 0 Å². The Morgan fingerprint density at radius 1 is 1.37 bits per heavy atom. The summed E-state index contributed by atoms with van der Waals surface area (Å²) < 4.78 is 6.15. The van der Waals surface area contributed by atoms with E-state index in [0.717, 1.165) is 25.1 Å². The fourth-order valence-electron chi connectivity index (χ4n) is 4.12. The molecule has 110 valence electrons. The lowest BCUT2D eigenvalue weighted by Gasteiger charge is -2.43. The Kier molecular flexibility index (Phi) is 4.73. The molecule has 3 saturated heterocycles. The number of hydrogen-bond donors (Lipinski definition) is 1. The van der Waals surface area contributed by atoms with Crippen LogP contribution in [0.5, 0.6) is 0 Å². The van der Waals surface area contributed by atoms with Crippen LogP contribution in [0.1, 0.15) is 44.9 Å². The molecule has 1 N–H and O–H groups in total. The highest BCUT2D eigenvalue weighted by atomic mass is 32.2. The summed E-state index contributed by atoms with van der Waals surface area (Å²) in [4.78, 5) is 2.75. The van der Waals surface area contributed by atoms with Crippen LogP contribution < -0.4 is 0 Å². The summed E-state index contributed by atoms with van der Waals surface area (Å²) >= 11 is 2.06. The molecule has 3 heterocycles. The van der Waals surface area contributed by atoms with Crippen LogP contribution in [-0.4, -0.2) is 59.0 Å². The third-order valence-corrected chi connectivity index (χ3v) is 6.34. The maximum Gasteiger partial charge on any atom is 0.0795 e. The van der Waals surface area contributed by atoms with Gasteiger partial charge in [-0.2, -0.15) is 11.8 Å². The van der Waals surface area contributed by atoms with Crippen LogP contribution in [0.25, 0.3) is 0 Å². The topological polar surface area (TPSA) is 32.7 Å². The maximum atomic E-state index is 9.05. The number of ether oxygens (including phenoxy) is 1. The van der Waals surface area contributed by atoms with E-state index in [4.69, 9.17) is 9.84 Å². The van der Waals surface area contributed by atoms with Gasteiger partial charge in [0.25, 0.3) is 0 Å². The van der Waals surface area contributed by atoms with E-state index in [-0.39, 0.29) is 5.60 Å². The zero-order valence-corrected chi connectivity index (χ0v) is 12.7. The molecule has 3 unspecified atom stereocenters. The van der Waals surface area contributed by atoms with Crippen LogP contribution in [0.4, 0.5) is 0 Å². The molecule has 0 aliphatic carbocycles. The first-order valence-corrected chi connectivity index (χ1v) is 9.07. The van der Waals surface area contributed by atoms with Crippen LogP contribution in [-0.2, 0) is 4.74 Å². The lowest BCUT2D eigenvalue weighted by Crippen LogP contribution is -2.50. The van der Waals surface area contributed by atoms with Crippen molar-refractivity contribution in [3.8, 4) is 0 Å². The first-order valence-electron chi connectivity index (χ1n) is 7.91. The highest BCUT2D eigenvalue weighted by molar-refractivity contribution is 7.99. The molecule has 0 aromatic rings. The molecular weight excluding hydrogens is 258 g/mol. The van der Waals surface area contributed by atoms with Crippen molar-refractivity contribution < 1.29 is 9.84 Å². The van der Waals surface area contributed by atoms with Gasteiger partial charge in [-0.15, -0.1) is 0 Å². The number of aliphatic hydroxyl groups is 1. The van der Waals surface area contributed by atoms with E-state index in [1.807, 2.05) is 0 Å². The van der Waals surface area contributed by atoms with Gasteiger partial charge in [-0.3, -0.25) is 4.90 Å². The van der Waals surface area contributed by atoms with Crippen LogP contribution in [0.2, 0.25) is 0 Å². The van der Waals surface area contributed by atoms with Gasteiger partial charge in [0, 0.05) is 31.1 Å². The first-order chi connectivity index (χ1) is 9.33. The van der Waals surface area contributed by atoms with E-state index in [9.17, 15) is 0 Å². The Balaban J connectivity index is 1.60. The minimum atomic E-state index is 0.206. The maximum absolute atomic E-state index is 9.05. The largest absolute Gasteiger partial charge is 0.396 e. The van der Waals surface area contributed by atoms with Crippen molar-refractivity contribution in [2.24, 2.45) is 0 Å². The zero-order chi connectivity index (χ0) is 13.1. The van der Waals surface area contributed by atoms with E-state index in [1.165, 1.54) is 56.6 Å². The summed E-state index contributed by atoms with van der Waals surface area (Å²) in [6.07, 6.45) is 8.52. The highest BCUT2D eigenvalue weighted by Crippen LogP contribution is 2.41. The fraction of sp³-hybridized carbons (Fsp3) is 1.00. The molecule has 3 aliphatic rings.